The first kappa shape index (κ1) is 21.1. The fourth-order valence-corrected chi connectivity index (χ4v) is 2.38. The Morgan fingerprint density at radius 2 is 1.29 bits per heavy atom. The second-order valence-electron chi connectivity index (χ2n) is 6.21. The van der Waals surface area contributed by atoms with Crippen LogP contribution < -0.4 is 25.1 Å². The summed E-state index contributed by atoms with van der Waals surface area (Å²) < 4.78 is 16.4. The van der Waals surface area contributed by atoms with Crippen molar-refractivity contribution in [2.75, 3.05) is 19.8 Å². The van der Waals surface area contributed by atoms with Gasteiger partial charge in [-0.3, -0.25) is 20.4 Å². The maximum Gasteiger partial charge on any atom is 0.276 e. The molecule has 0 aliphatic rings. The highest BCUT2D eigenvalue weighted by molar-refractivity contribution is 5.83. The van der Waals surface area contributed by atoms with Crippen LogP contribution in [0.4, 0.5) is 0 Å². The summed E-state index contributed by atoms with van der Waals surface area (Å²) >= 11 is 0. The smallest absolute Gasteiger partial charge is 0.276 e. The molecular formula is C21H26N2O5. The van der Waals surface area contributed by atoms with Crippen LogP contribution in [0, 0.1) is 13.8 Å². The average Bonchev–Trinajstić information content (AvgIpc) is 2.69. The molecule has 0 saturated heterocycles. The molecular weight excluding hydrogens is 360 g/mol. The molecule has 0 saturated carbocycles. The monoisotopic (exact) mass is 386 g/mol. The van der Waals surface area contributed by atoms with E-state index in [0.717, 1.165) is 23.3 Å². The lowest BCUT2D eigenvalue weighted by Gasteiger charge is -2.12. The van der Waals surface area contributed by atoms with Crippen LogP contribution in [0.25, 0.3) is 0 Å². The van der Waals surface area contributed by atoms with Crippen LogP contribution in [-0.2, 0) is 9.59 Å². The van der Waals surface area contributed by atoms with Crippen molar-refractivity contribution in [1.82, 2.24) is 10.9 Å². The van der Waals surface area contributed by atoms with E-state index in [2.05, 4.69) is 10.9 Å². The van der Waals surface area contributed by atoms with E-state index < -0.39 is 11.8 Å². The number of ether oxygens (including phenoxy) is 3. The number of hydrogen-bond acceptors (Lipinski definition) is 5. The lowest BCUT2D eigenvalue weighted by Crippen LogP contribution is -2.45. The molecule has 2 amide bonds. The molecule has 0 spiro atoms. The Balaban J connectivity index is 1.68. The molecule has 0 radical (unpaired) electrons. The number of carbonyl (C=O) groups excluding carboxylic acids is 2. The van der Waals surface area contributed by atoms with Crippen molar-refractivity contribution in [2.45, 2.75) is 27.2 Å². The van der Waals surface area contributed by atoms with Gasteiger partial charge in [0.1, 0.15) is 17.2 Å². The normalized spacial score (nSPS) is 10.1. The van der Waals surface area contributed by atoms with Crippen LogP contribution in [0.15, 0.2) is 42.5 Å². The molecule has 28 heavy (non-hydrogen) atoms. The minimum Gasteiger partial charge on any atom is -0.494 e. The molecule has 0 aliphatic carbocycles. The molecule has 0 heterocycles. The Bertz CT molecular complexity index is 770. The number of para-hydroxylation sites is 1. The van der Waals surface area contributed by atoms with E-state index >= 15 is 0 Å². The van der Waals surface area contributed by atoms with Crippen LogP contribution in [0.5, 0.6) is 17.2 Å². The Morgan fingerprint density at radius 1 is 0.786 bits per heavy atom. The largest absolute Gasteiger partial charge is 0.494 e. The van der Waals surface area contributed by atoms with Crippen molar-refractivity contribution in [3.8, 4) is 17.2 Å². The van der Waals surface area contributed by atoms with Crippen molar-refractivity contribution in [3.63, 3.8) is 0 Å². The Kier molecular flexibility index (Phi) is 8.14. The highest BCUT2D eigenvalue weighted by Gasteiger charge is 2.09. The third-order valence-corrected chi connectivity index (χ3v) is 3.76. The number of nitrogens with one attached hydrogen (secondary N) is 2. The van der Waals surface area contributed by atoms with E-state index in [1.807, 2.05) is 39.0 Å². The fraction of sp³-hybridized carbons (Fsp3) is 0.333. The second kappa shape index (κ2) is 10.8. The molecule has 0 fully saturated rings. The molecule has 7 nitrogen and oxygen atoms in total. The van der Waals surface area contributed by atoms with Crippen LogP contribution in [0.2, 0.25) is 0 Å². The predicted molar refractivity (Wildman–Crippen MR) is 105 cm³/mol. The summed E-state index contributed by atoms with van der Waals surface area (Å²) in [6, 6.07) is 12.7. The Morgan fingerprint density at radius 3 is 1.82 bits per heavy atom. The van der Waals surface area contributed by atoms with Gasteiger partial charge in [0.25, 0.3) is 11.8 Å². The van der Waals surface area contributed by atoms with Gasteiger partial charge >= 0.3 is 0 Å². The third kappa shape index (κ3) is 6.83. The molecule has 0 bridgehead atoms. The number of rotatable bonds is 9. The summed E-state index contributed by atoms with van der Waals surface area (Å²) in [4.78, 5) is 23.6. The quantitative estimate of drug-likeness (QED) is 0.647. The minimum absolute atomic E-state index is 0.202. The molecule has 150 valence electrons. The zero-order valence-corrected chi connectivity index (χ0v) is 16.4. The number of hydrazine groups is 1. The Hall–Kier alpha value is -3.22. The van der Waals surface area contributed by atoms with Gasteiger partial charge in [-0.05, 0) is 55.7 Å². The van der Waals surface area contributed by atoms with Crippen LogP contribution >= 0.6 is 0 Å². The molecule has 0 unspecified atom stereocenters. The van der Waals surface area contributed by atoms with Gasteiger partial charge < -0.3 is 14.2 Å². The first-order valence-electron chi connectivity index (χ1n) is 9.12. The summed E-state index contributed by atoms with van der Waals surface area (Å²) in [6.45, 7) is 6.06. The second-order valence-corrected chi connectivity index (χ2v) is 6.21. The van der Waals surface area contributed by atoms with E-state index in [9.17, 15) is 9.59 Å². The lowest BCUT2D eigenvalue weighted by molar-refractivity contribution is -0.131. The van der Waals surface area contributed by atoms with Crippen molar-refractivity contribution < 1.29 is 23.8 Å². The Labute approximate surface area is 165 Å². The summed E-state index contributed by atoms with van der Waals surface area (Å²) in [6.07, 6.45) is 0.930. The van der Waals surface area contributed by atoms with Gasteiger partial charge in [0.15, 0.2) is 13.2 Å². The van der Waals surface area contributed by atoms with Crippen LogP contribution in [-0.4, -0.2) is 31.6 Å². The van der Waals surface area contributed by atoms with Gasteiger partial charge in [0.2, 0.25) is 0 Å². The van der Waals surface area contributed by atoms with Gasteiger partial charge in [0.05, 0.1) is 6.61 Å². The van der Waals surface area contributed by atoms with E-state index in [1.165, 1.54) is 0 Å². The fourth-order valence-electron chi connectivity index (χ4n) is 2.38. The lowest BCUT2D eigenvalue weighted by atomic mass is 10.1. The molecule has 2 rings (SSSR count). The summed E-state index contributed by atoms with van der Waals surface area (Å²) in [5, 5.41) is 0. The molecule has 0 aliphatic heterocycles. The first-order chi connectivity index (χ1) is 13.5. The van der Waals surface area contributed by atoms with E-state index in [-0.39, 0.29) is 13.2 Å². The summed E-state index contributed by atoms with van der Waals surface area (Å²) in [7, 11) is 0. The minimum atomic E-state index is -0.480. The van der Waals surface area contributed by atoms with Crippen LogP contribution in [0.1, 0.15) is 24.5 Å². The van der Waals surface area contributed by atoms with Gasteiger partial charge in [-0.15, -0.1) is 0 Å². The molecule has 0 atom stereocenters. The topological polar surface area (TPSA) is 85.9 Å². The number of benzene rings is 2. The van der Waals surface area contributed by atoms with Crippen molar-refractivity contribution in [3.05, 3.63) is 53.6 Å². The molecule has 2 aromatic rings. The summed E-state index contributed by atoms with van der Waals surface area (Å²) in [5.41, 5.74) is 6.47. The molecule has 7 heteroatoms. The van der Waals surface area contributed by atoms with Crippen LogP contribution in [0.3, 0.4) is 0 Å². The maximum absolute atomic E-state index is 11.8. The highest BCUT2D eigenvalue weighted by Crippen LogP contribution is 2.22. The molecule has 2 N–H and O–H groups in total. The molecule has 0 aromatic heterocycles. The van der Waals surface area contributed by atoms with Crippen molar-refractivity contribution in [2.24, 2.45) is 0 Å². The first-order valence-corrected chi connectivity index (χ1v) is 9.12. The average molecular weight is 386 g/mol. The molecule has 2 aromatic carbocycles. The number of carbonyl (C=O) groups is 2. The van der Waals surface area contributed by atoms with Gasteiger partial charge in [-0.1, -0.05) is 25.1 Å². The number of hydrogen-bond donors (Lipinski definition) is 2. The SMILES string of the molecule is CCCOc1ccc(OCC(=O)NNC(=O)COc2c(C)cccc2C)cc1. The van der Waals surface area contributed by atoms with E-state index in [0.29, 0.717) is 18.1 Å². The number of aryl methyl sites for hydroxylation is 2. The predicted octanol–water partition coefficient (Wildman–Crippen LogP) is 2.70. The van der Waals surface area contributed by atoms with E-state index in [4.69, 9.17) is 14.2 Å². The third-order valence-electron chi connectivity index (χ3n) is 3.76. The van der Waals surface area contributed by atoms with E-state index in [1.54, 1.807) is 24.3 Å². The van der Waals surface area contributed by atoms with Gasteiger partial charge in [0, 0.05) is 0 Å². The van der Waals surface area contributed by atoms with Gasteiger partial charge in [-0.25, -0.2) is 0 Å². The standard InChI is InChI=1S/C21H26N2O5/c1-4-12-26-17-8-10-18(11-9-17)27-13-19(24)22-23-20(25)14-28-21-15(2)6-5-7-16(21)3/h5-11H,4,12-14H2,1-3H3,(H,22,24)(H,23,25). The maximum atomic E-state index is 11.8. The summed E-state index contributed by atoms with van der Waals surface area (Å²) in [5.74, 6) is 0.998. The zero-order chi connectivity index (χ0) is 20.4. The van der Waals surface area contributed by atoms with Crippen molar-refractivity contribution in [1.29, 1.82) is 0 Å². The highest BCUT2D eigenvalue weighted by atomic mass is 16.5. The number of amides is 2. The van der Waals surface area contributed by atoms with Crippen molar-refractivity contribution >= 4 is 11.8 Å². The van der Waals surface area contributed by atoms with Gasteiger partial charge in [-0.2, -0.15) is 0 Å². The zero-order valence-electron chi connectivity index (χ0n) is 16.4.